The molecule has 0 aliphatic heterocycles. The molecule has 0 atom stereocenters. The van der Waals surface area contributed by atoms with E-state index in [1.165, 1.54) is 24.3 Å². The number of amides is 1. The SMILES string of the molecule is CN(Cc1cn(Cc2ccccc2Cl)nc1-c1ccccc1)C(=O)c1ccc(S(C)(=O)=O)cc1. The average Bonchev–Trinajstić information content (AvgIpc) is 3.22. The van der Waals surface area contributed by atoms with Crippen molar-refractivity contribution in [3.63, 3.8) is 0 Å². The summed E-state index contributed by atoms with van der Waals surface area (Å²) in [7, 11) is -1.61. The van der Waals surface area contributed by atoms with Crippen molar-refractivity contribution in [2.75, 3.05) is 13.3 Å². The van der Waals surface area contributed by atoms with E-state index in [-0.39, 0.29) is 10.8 Å². The zero-order chi connectivity index (χ0) is 24.3. The third kappa shape index (κ3) is 5.38. The largest absolute Gasteiger partial charge is 0.337 e. The van der Waals surface area contributed by atoms with Gasteiger partial charge in [-0.3, -0.25) is 9.48 Å². The summed E-state index contributed by atoms with van der Waals surface area (Å²) >= 11 is 6.34. The van der Waals surface area contributed by atoms with Gasteiger partial charge in [0.2, 0.25) is 0 Å². The first-order chi connectivity index (χ1) is 16.2. The molecule has 0 radical (unpaired) electrons. The molecule has 3 aromatic carbocycles. The topological polar surface area (TPSA) is 72.3 Å². The van der Waals surface area contributed by atoms with Crippen LogP contribution in [0.3, 0.4) is 0 Å². The van der Waals surface area contributed by atoms with Gasteiger partial charge in [0.1, 0.15) is 0 Å². The minimum atomic E-state index is -3.32. The number of aromatic nitrogens is 2. The van der Waals surface area contributed by atoms with Crippen LogP contribution in [0.1, 0.15) is 21.5 Å². The maximum absolute atomic E-state index is 13.0. The van der Waals surface area contributed by atoms with Gasteiger partial charge in [-0.1, -0.05) is 60.1 Å². The van der Waals surface area contributed by atoms with E-state index >= 15 is 0 Å². The van der Waals surface area contributed by atoms with Crippen molar-refractivity contribution in [1.29, 1.82) is 0 Å². The summed E-state index contributed by atoms with van der Waals surface area (Å²) < 4.78 is 25.2. The van der Waals surface area contributed by atoms with Gasteiger partial charge < -0.3 is 4.90 Å². The van der Waals surface area contributed by atoms with Gasteiger partial charge in [0.25, 0.3) is 5.91 Å². The third-order valence-corrected chi connectivity index (χ3v) is 6.96. The van der Waals surface area contributed by atoms with Crippen LogP contribution in [0.15, 0.2) is 90.0 Å². The lowest BCUT2D eigenvalue weighted by Gasteiger charge is -2.17. The maximum atomic E-state index is 13.0. The van der Waals surface area contributed by atoms with Crippen LogP contribution in [0.5, 0.6) is 0 Å². The molecular weight excluding hydrogens is 470 g/mol. The molecule has 0 unspecified atom stereocenters. The summed E-state index contributed by atoms with van der Waals surface area (Å²) in [5, 5.41) is 5.47. The molecule has 0 saturated carbocycles. The lowest BCUT2D eigenvalue weighted by molar-refractivity contribution is 0.0785. The molecule has 0 aliphatic rings. The van der Waals surface area contributed by atoms with Crippen molar-refractivity contribution in [2.45, 2.75) is 18.0 Å². The lowest BCUT2D eigenvalue weighted by Crippen LogP contribution is -2.26. The number of halogens is 1. The standard InChI is InChI=1S/C26H24ClN3O3S/c1-29(26(31)20-12-14-23(15-13-20)34(2,32)33)16-22-18-30(17-21-10-6-7-11-24(21)27)28-25(22)19-8-4-3-5-9-19/h3-15,18H,16-17H2,1-2H3. The number of benzene rings is 3. The Morgan fingerprint density at radius 2 is 1.59 bits per heavy atom. The smallest absolute Gasteiger partial charge is 0.253 e. The highest BCUT2D eigenvalue weighted by atomic mass is 35.5. The number of hydrogen-bond acceptors (Lipinski definition) is 4. The van der Waals surface area contributed by atoms with Gasteiger partial charge in [-0.25, -0.2) is 8.42 Å². The highest BCUT2D eigenvalue weighted by Crippen LogP contribution is 2.25. The molecule has 4 rings (SSSR count). The normalized spacial score (nSPS) is 11.4. The number of hydrogen-bond donors (Lipinski definition) is 0. The Kier molecular flexibility index (Phi) is 6.86. The summed E-state index contributed by atoms with van der Waals surface area (Å²) in [6.07, 6.45) is 3.07. The van der Waals surface area contributed by atoms with E-state index in [0.717, 1.165) is 28.6 Å². The molecule has 1 amide bonds. The van der Waals surface area contributed by atoms with Gasteiger partial charge in [0.15, 0.2) is 9.84 Å². The van der Waals surface area contributed by atoms with Crippen LogP contribution in [0.2, 0.25) is 5.02 Å². The fraction of sp³-hybridized carbons (Fsp3) is 0.154. The van der Waals surface area contributed by atoms with Crippen LogP contribution >= 0.6 is 11.6 Å². The van der Waals surface area contributed by atoms with E-state index in [0.29, 0.717) is 23.7 Å². The second-order valence-corrected chi connectivity index (χ2v) is 10.5. The van der Waals surface area contributed by atoms with Crippen LogP contribution in [0, 0.1) is 0 Å². The first kappa shape index (κ1) is 23.7. The fourth-order valence-corrected chi connectivity index (χ4v) is 4.52. The molecule has 4 aromatic rings. The number of sulfone groups is 1. The Labute approximate surface area is 204 Å². The van der Waals surface area contributed by atoms with E-state index in [2.05, 4.69) is 0 Å². The van der Waals surface area contributed by atoms with E-state index in [4.69, 9.17) is 16.7 Å². The molecule has 0 fully saturated rings. The van der Waals surface area contributed by atoms with Crippen molar-refractivity contribution in [1.82, 2.24) is 14.7 Å². The second-order valence-electron chi connectivity index (χ2n) is 8.12. The molecule has 1 aromatic heterocycles. The Morgan fingerprint density at radius 1 is 0.941 bits per heavy atom. The number of carbonyl (C=O) groups excluding carboxylic acids is 1. The third-order valence-electron chi connectivity index (χ3n) is 5.46. The average molecular weight is 494 g/mol. The van der Waals surface area contributed by atoms with Crippen molar-refractivity contribution in [3.05, 3.63) is 107 Å². The highest BCUT2D eigenvalue weighted by Gasteiger charge is 2.18. The van der Waals surface area contributed by atoms with Crippen LogP contribution in [-0.2, 0) is 22.9 Å². The zero-order valence-corrected chi connectivity index (χ0v) is 20.4. The van der Waals surface area contributed by atoms with Gasteiger partial charge in [-0.05, 0) is 35.9 Å². The van der Waals surface area contributed by atoms with E-state index in [1.807, 2.05) is 65.5 Å². The number of rotatable bonds is 7. The molecule has 0 aliphatic carbocycles. The Bertz CT molecular complexity index is 1420. The Balaban J connectivity index is 1.61. The lowest BCUT2D eigenvalue weighted by atomic mass is 10.1. The Morgan fingerprint density at radius 3 is 2.24 bits per heavy atom. The van der Waals surface area contributed by atoms with Gasteiger partial charge in [0.05, 0.1) is 17.1 Å². The second kappa shape index (κ2) is 9.83. The predicted octanol–water partition coefficient (Wildman–Crippen LogP) is 4.93. The van der Waals surface area contributed by atoms with Crippen molar-refractivity contribution >= 4 is 27.3 Å². The Hall–Kier alpha value is -3.42. The summed E-state index contributed by atoms with van der Waals surface area (Å²) in [6.45, 7) is 0.837. The van der Waals surface area contributed by atoms with Gasteiger partial charge in [-0.15, -0.1) is 0 Å². The van der Waals surface area contributed by atoms with Crippen molar-refractivity contribution in [3.8, 4) is 11.3 Å². The number of carbonyl (C=O) groups is 1. The molecule has 0 spiro atoms. The quantitative estimate of drug-likeness (QED) is 0.366. The van der Waals surface area contributed by atoms with Crippen LogP contribution < -0.4 is 0 Å². The molecule has 1 heterocycles. The van der Waals surface area contributed by atoms with Crippen LogP contribution in [0.4, 0.5) is 0 Å². The molecule has 0 saturated heterocycles. The molecule has 174 valence electrons. The van der Waals surface area contributed by atoms with E-state index < -0.39 is 9.84 Å². The molecule has 0 N–H and O–H groups in total. The first-order valence-electron chi connectivity index (χ1n) is 10.6. The predicted molar refractivity (Wildman–Crippen MR) is 134 cm³/mol. The summed E-state index contributed by atoms with van der Waals surface area (Å²) in [5.41, 5.74) is 4.00. The zero-order valence-electron chi connectivity index (χ0n) is 18.8. The number of nitrogens with zero attached hydrogens (tertiary/aromatic N) is 3. The van der Waals surface area contributed by atoms with Crippen LogP contribution in [0.25, 0.3) is 11.3 Å². The van der Waals surface area contributed by atoms with Crippen molar-refractivity contribution < 1.29 is 13.2 Å². The molecule has 34 heavy (non-hydrogen) atoms. The summed E-state index contributed by atoms with van der Waals surface area (Å²) in [5.74, 6) is -0.210. The monoisotopic (exact) mass is 493 g/mol. The van der Waals surface area contributed by atoms with Gasteiger partial charge in [0, 0.05) is 47.8 Å². The fourth-order valence-electron chi connectivity index (χ4n) is 3.69. The highest BCUT2D eigenvalue weighted by molar-refractivity contribution is 7.90. The minimum Gasteiger partial charge on any atom is -0.337 e. The van der Waals surface area contributed by atoms with E-state index in [9.17, 15) is 13.2 Å². The van der Waals surface area contributed by atoms with Crippen molar-refractivity contribution in [2.24, 2.45) is 0 Å². The van der Waals surface area contributed by atoms with Gasteiger partial charge in [-0.2, -0.15) is 5.10 Å². The maximum Gasteiger partial charge on any atom is 0.253 e. The molecule has 6 nitrogen and oxygen atoms in total. The van der Waals surface area contributed by atoms with E-state index in [1.54, 1.807) is 11.9 Å². The summed E-state index contributed by atoms with van der Waals surface area (Å²) in [6, 6.07) is 23.4. The minimum absolute atomic E-state index is 0.180. The molecule has 0 bridgehead atoms. The first-order valence-corrected chi connectivity index (χ1v) is 12.9. The summed E-state index contributed by atoms with van der Waals surface area (Å²) in [4.78, 5) is 14.8. The molecule has 8 heteroatoms. The van der Waals surface area contributed by atoms with Gasteiger partial charge >= 0.3 is 0 Å². The van der Waals surface area contributed by atoms with Crippen LogP contribution in [-0.4, -0.2) is 42.3 Å². The molecular formula is C26H24ClN3O3S.